The average molecular weight is 335 g/mol. The molecule has 2 nitrogen and oxygen atoms in total. The number of benzene rings is 1. The summed E-state index contributed by atoms with van der Waals surface area (Å²) in [6, 6.07) is 20.7. The molecule has 0 saturated heterocycles. The Balaban J connectivity index is 2.05. The molecule has 0 amide bonds. The van der Waals surface area contributed by atoms with Crippen LogP contribution in [-0.4, -0.2) is 9.38 Å². The van der Waals surface area contributed by atoms with Crippen molar-refractivity contribution in [3.8, 4) is 10.6 Å². The maximum Gasteiger partial charge on any atom is 0.106 e. The van der Waals surface area contributed by atoms with Crippen molar-refractivity contribution in [2.75, 3.05) is 0 Å². The number of thiophene rings is 1. The van der Waals surface area contributed by atoms with Crippen LogP contribution in [0.4, 0.5) is 0 Å². The van der Waals surface area contributed by atoms with Gasteiger partial charge in [-0.15, -0.1) is 11.3 Å². The predicted octanol–water partition coefficient (Wildman–Crippen LogP) is 6.02. The van der Waals surface area contributed by atoms with Gasteiger partial charge < -0.3 is 4.40 Å². The van der Waals surface area contributed by atoms with Crippen LogP contribution in [-0.2, 0) is 0 Å². The van der Waals surface area contributed by atoms with Crippen molar-refractivity contribution >= 4 is 50.3 Å². The molecule has 4 heteroatoms. The number of pyridine rings is 2. The lowest BCUT2D eigenvalue weighted by molar-refractivity contribution is 1.24. The lowest BCUT2D eigenvalue weighted by Crippen LogP contribution is -1.90. The number of fused-ring (bicyclic) bond motifs is 5. The van der Waals surface area contributed by atoms with Gasteiger partial charge in [0, 0.05) is 22.5 Å². The summed E-state index contributed by atoms with van der Waals surface area (Å²) < 4.78 is 2.99. The molecule has 0 N–H and O–H groups in total. The van der Waals surface area contributed by atoms with E-state index in [4.69, 9.17) is 16.6 Å². The minimum Gasteiger partial charge on any atom is -0.315 e. The molecule has 110 valence electrons. The molecular formula is C19H11ClN2S. The van der Waals surface area contributed by atoms with Gasteiger partial charge in [-0.25, -0.2) is 4.98 Å². The van der Waals surface area contributed by atoms with Crippen LogP contribution in [0, 0.1) is 0 Å². The van der Waals surface area contributed by atoms with Gasteiger partial charge in [0.05, 0.1) is 20.2 Å². The third-order valence-corrected chi connectivity index (χ3v) is 5.37. The molecule has 0 aliphatic rings. The molecule has 4 heterocycles. The molecule has 0 aliphatic heterocycles. The van der Waals surface area contributed by atoms with Crippen molar-refractivity contribution in [2.45, 2.75) is 0 Å². The molecule has 0 bridgehead atoms. The molecular weight excluding hydrogens is 324 g/mol. The van der Waals surface area contributed by atoms with E-state index < -0.39 is 0 Å². The summed E-state index contributed by atoms with van der Waals surface area (Å²) in [5, 5.41) is 2.40. The maximum absolute atomic E-state index is 6.16. The van der Waals surface area contributed by atoms with Gasteiger partial charge in [-0.3, -0.25) is 0 Å². The van der Waals surface area contributed by atoms with Crippen LogP contribution >= 0.6 is 22.9 Å². The van der Waals surface area contributed by atoms with Crippen LogP contribution in [0.5, 0.6) is 0 Å². The second-order valence-electron chi connectivity index (χ2n) is 5.48. The number of hydrogen-bond acceptors (Lipinski definition) is 2. The van der Waals surface area contributed by atoms with Crippen LogP contribution in [0.1, 0.15) is 0 Å². The first-order valence-corrected chi connectivity index (χ1v) is 8.55. The summed E-state index contributed by atoms with van der Waals surface area (Å²) in [4.78, 5) is 6.03. The van der Waals surface area contributed by atoms with Gasteiger partial charge in [-0.1, -0.05) is 35.9 Å². The molecule has 5 aromatic rings. The zero-order valence-corrected chi connectivity index (χ0v) is 13.6. The van der Waals surface area contributed by atoms with Gasteiger partial charge in [-0.05, 0) is 36.4 Å². The largest absolute Gasteiger partial charge is 0.315 e. The third-order valence-electron chi connectivity index (χ3n) is 4.14. The highest BCUT2D eigenvalue weighted by Gasteiger charge is 2.15. The molecule has 0 aliphatic carbocycles. The number of halogens is 1. The van der Waals surface area contributed by atoms with E-state index in [1.165, 1.54) is 16.3 Å². The van der Waals surface area contributed by atoms with E-state index in [0.29, 0.717) is 0 Å². The Morgan fingerprint density at radius 3 is 2.65 bits per heavy atom. The molecule has 0 spiro atoms. The van der Waals surface area contributed by atoms with E-state index in [9.17, 15) is 0 Å². The zero-order chi connectivity index (χ0) is 15.4. The zero-order valence-electron chi connectivity index (χ0n) is 12.0. The Morgan fingerprint density at radius 1 is 0.913 bits per heavy atom. The molecule has 0 atom stereocenters. The van der Waals surface area contributed by atoms with Crippen LogP contribution < -0.4 is 0 Å². The topological polar surface area (TPSA) is 17.3 Å². The molecule has 1 aromatic carbocycles. The number of rotatable bonds is 1. The first-order valence-electron chi connectivity index (χ1n) is 7.35. The SMILES string of the molecule is Clc1ccc(-c2nc3ccccc3c3cc4ccccn4c23)s1. The number of nitrogens with zero attached hydrogens (tertiary/aromatic N) is 2. The van der Waals surface area contributed by atoms with E-state index >= 15 is 0 Å². The van der Waals surface area contributed by atoms with Crippen LogP contribution in [0.25, 0.3) is 37.9 Å². The van der Waals surface area contributed by atoms with Crippen molar-refractivity contribution < 1.29 is 0 Å². The smallest absolute Gasteiger partial charge is 0.106 e. The van der Waals surface area contributed by atoms with Crippen LogP contribution in [0.2, 0.25) is 4.34 Å². The second-order valence-corrected chi connectivity index (χ2v) is 7.20. The monoisotopic (exact) mass is 334 g/mol. The molecule has 5 rings (SSSR count). The Labute approximate surface area is 141 Å². The minimum absolute atomic E-state index is 0.781. The lowest BCUT2D eigenvalue weighted by atomic mass is 10.1. The Hall–Kier alpha value is -2.36. The van der Waals surface area contributed by atoms with Crippen molar-refractivity contribution in [2.24, 2.45) is 0 Å². The molecule has 0 radical (unpaired) electrons. The maximum atomic E-state index is 6.16. The quantitative estimate of drug-likeness (QED) is 0.366. The molecule has 0 unspecified atom stereocenters. The summed E-state index contributed by atoms with van der Waals surface area (Å²) in [5.41, 5.74) is 4.31. The van der Waals surface area contributed by atoms with E-state index in [-0.39, 0.29) is 0 Å². The Bertz CT molecular complexity index is 1190. The van der Waals surface area contributed by atoms with Gasteiger partial charge in [0.1, 0.15) is 5.69 Å². The highest BCUT2D eigenvalue weighted by Crippen LogP contribution is 2.38. The average Bonchev–Trinajstić information content (AvgIpc) is 3.18. The van der Waals surface area contributed by atoms with Gasteiger partial charge in [0.2, 0.25) is 0 Å². The number of hydrogen-bond donors (Lipinski definition) is 0. The van der Waals surface area contributed by atoms with Crippen molar-refractivity contribution in [1.82, 2.24) is 9.38 Å². The second kappa shape index (κ2) is 4.82. The normalized spacial score (nSPS) is 11.7. The van der Waals surface area contributed by atoms with E-state index in [1.807, 2.05) is 24.3 Å². The fourth-order valence-electron chi connectivity index (χ4n) is 3.16. The van der Waals surface area contributed by atoms with Crippen molar-refractivity contribution in [3.05, 3.63) is 71.2 Å². The highest BCUT2D eigenvalue weighted by atomic mass is 35.5. The summed E-state index contributed by atoms with van der Waals surface area (Å²) in [6.45, 7) is 0. The summed E-state index contributed by atoms with van der Waals surface area (Å²) in [5.74, 6) is 0. The van der Waals surface area contributed by atoms with Crippen LogP contribution in [0.15, 0.2) is 66.9 Å². The Kier molecular flexibility index (Phi) is 2.75. The van der Waals surface area contributed by atoms with Crippen LogP contribution in [0.3, 0.4) is 0 Å². The summed E-state index contributed by atoms with van der Waals surface area (Å²) in [6.07, 6.45) is 2.09. The fraction of sp³-hybridized carbons (Fsp3) is 0. The molecule has 0 fully saturated rings. The van der Waals surface area contributed by atoms with Gasteiger partial charge in [0.15, 0.2) is 0 Å². The van der Waals surface area contributed by atoms with Gasteiger partial charge >= 0.3 is 0 Å². The summed E-state index contributed by atoms with van der Waals surface area (Å²) >= 11 is 7.72. The Morgan fingerprint density at radius 2 is 1.78 bits per heavy atom. The lowest BCUT2D eigenvalue weighted by Gasteiger charge is -2.06. The highest BCUT2D eigenvalue weighted by molar-refractivity contribution is 7.19. The van der Waals surface area contributed by atoms with E-state index in [2.05, 4.69) is 47.0 Å². The van der Waals surface area contributed by atoms with Gasteiger partial charge in [-0.2, -0.15) is 0 Å². The number of aromatic nitrogens is 2. The molecule has 4 aromatic heterocycles. The predicted molar refractivity (Wildman–Crippen MR) is 98.5 cm³/mol. The van der Waals surface area contributed by atoms with Crippen molar-refractivity contribution in [3.63, 3.8) is 0 Å². The number of para-hydroxylation sites is 1. The van der Waals surface area contributed by atoms with E-state index in [1.54, 1.807) is 11.3 Å². The van der Waals surface area contributed by atoms with Crippen molar-refractivity contribution in [1.29, 1.82) is 0 Å². The fourth-order valence-corrected chi connectivity index (χ4v) is 4.19. The first-order chi connectivity index (χ1) is 11.3. The third kappa shape index (κ3) is 1.90. The molecule has 0 saturated carbocycles. The first kappa shape index (κ1) is 13.1. The van der Waals surface area contributed by atoms with Gasteiger partial charge in [0.25, 0.3) is 0 Å². The standard InChI is InChI=1S/C19H11ClN2S/c20-17-9-8-16(23-17)18-19-14(11-12-5-3-4-10-22(12)19)13-6-1-2-7-15(13)21-18/h1-11H. The summed E-state index contributed by atoms with van der Waals surface area (Å²) in [7, 11) is 0. The van der Waals surface area contributed by atoms with E-state index in [0.717, 1.165) is 25.9 Å². The molecule has 23 heavy (non-hydrogen) atoms. The minimum atomic E-state index is 0.781.